The zero-order valence-corrected chi connectivity index (χ0v) is 14.0. The summed E-state index contributed by atoms with van der Waals surface area (Å²) < 4.78 is 0. The second kappa shape index (κ2) is 6.32. The highest BCUT2D eigenvalue weighted by molar-refractivity contribution is 7.15. The lowest BCUT2D eigenvalue weighted by Gasteiger charge is -2.15. The molecule has 1 fully saturated rings. The summed E-state index contributed by atoms with van der Waals surface area (Å²) in [6.45, 7) is 0.890. The molecular formula is C17H18N4O2S. The number of aromatic nitrogens is 2. The normalized spacial score (nSPS) is 19.6. The molecule has 6 nitrogen and oxygen atoms in total. The minimum Gasteiger partial charge on any atom is -0.336 e. The smallest absolute Gasteiger partial charge is 0.231 e. The molecule has 1 saturated heterocycles. The van der Waals surface area contributed by atoms with E-state index in [1.807, 2.05) is 18.2 Å². The Hall–Kier alpha value is -2.28. The fourth-order valence-corrected chi connectivity index (χ4v) is 4.29. The van der Waals surface area contributed by atoms with Gasteiger partial charge in [-0.2, -0.15) is 0 Å². The predicted octanol–water partition coefficient (Wildman–Crippen LogP) is 2.01. The van der Waals surface area contributed by atoms with Crippen LogP contribution in [-0.4, -0.2) is 33.2 Å². The number of hydrogen-bond donors (Lipinski definition) is 1. The first-order valence-corrected chi connectivity index (χ1v) is 8.98. The Labute approximate surface area is 143 Å². The largest absolute Gasteiger partial charge is 0.336 e. The molecule has 1 atom stereocenters. The molecule has 124 valence electrons. The standard InChI is InChI=1S/C17H18N4O2S/c22-15-8-11(9-21(15)10-12-4-1-2-7-18-12)16(23)20-17-19-13-5-3-6-14(13)24-17/h1-2,4,7,11H,3,5-6,8-10H2,(H,19,20,23)/t11-/m1/s1. The summed E-state index contributed by atoms with van der Waals surface area (Å²) in [4.78, 5) is 36.3. The molecule has 24 heavy (non-hydrogen) atoms. The number of carbonyl (C=O) groups is 2. The molecule has 0 bridgehead atoms. The van der Waals surface area contributed by atoms with Crippen LogP contribution in [0.2, 0.25) is 0 Å². The van der Waals surface area contributed by atoms with Crippen molar-refractivity contribution in [3.05, 3.63) is 40.7 Å². The summed E-state index contributed by atoms with van der Waals surface area (Å²) in [6.07, 6.45) is 5.18. The summed E-state index contributed by atoms with van der Waals surface area (Å²) in [5, 5.41) is 3.56. The lowest BCUT2D eigenvalue weighted by molar-refractivity contribution is -0.128. The van der Waals surface area contributed by atoms with Crippen molar-refractivity contribution in [2.75, 3.05) is 11.9 Å². The topological polar surface area (TPSA) is 75.2 Å². The van der Waals surface area contributed by atoms with Crippen molar-refractivity contribution in [2.45, 2.75) is 32.2 Å². The number of rotatable bonds is 4. The van der Waals surface area contributed by atoms with Crippen molar-refractivity contribution >= 4 is 28.3 Å². The fraction of sp³-hybridized carbons (Fsp3) is 0.412. The molecule has 2 aromatic heterocycles. The molecule has 1 N–H and O–H groups in total. The van der Waals surface area contributed by atoms with Crippen LogP contribution in [0.3, 0.4) is 0 Å². The summed E-state index contributed by atoms with van der Waals surface area (Å²) in [7, 11) is 0. The van der Waals surface area contributed by atoms with Gasteiger partial charge in [-0.15, -0.1) is 11.3 Å². The van der Waals surface area contributed by atoms with Crippen LogP contribution >= 0.6 is 11.3 Å². The van der Waals surface area contributed by atoms with Gasteiger partial charge in [0.05, 0.1) is 23.9 Å². The van der Waals surface area contributed by atoms with Gasteiger partial charge < -0.3 is 10.2 Å². The van der Waals surface area contributed by atoms with E-state index in [0.29, 0.717) is 18.2 Å². The summed E-state index contributed by atoms with van der Waals surface area (Å²) in [5.41, 5.74) is 1.96. The number of pyridine rings is 1. The molecular weight excluding hydrogens is 324 g/mol. The number of hydrogen-bond acceptors (Lipinski definition) is 5. The maximum Gasteiger partial charge on any atom is 0.231 e. The quantitative estimate of drug-likeness (QED) is 0.922. The SMILES string of the molecule is O=C(Nc1nc2c(s1)CCC2)[C@@H]1CC(=O)N(Cc2ccccn2)C1. The van der Waals surface area contributed by atoms with Gasteiger partial charge in [0.25, 0.3) is 0 Å². The van der Waals surface area contributed by atoms with Crippen LogP contribution in [0.25, 0.3) is 0 Å². The first-order valence-electron chi connectivity index (χ1n) is 8.16. The number of nitrogens with zero attached hydrogens (tertiary/aromatic N) is 3. The molecule has 1 aliphatic heterocycles. The zero-order valence-electron chi connectivity index (χ0n) is 13.2. The Balaban J connectivity index is 1.38. The minimum absolute atomic E-state index is 0.00226. The van der Waals surface area contributed by atoms with Gasteiger partial charge in [0.2, 0.25) is 11.8 Å². The van der Waals surface area contributed by atoms with E-state index in [1.165, 1.54) is 4.88 Å². The van der Waals surface area contributed by atoms with E-state index in [1.54, 1.807) is 22.4 Å². The van der Waals surface area contributed by atoms with Crippen LogP contribution in [0.1, 0.15) is 29.1 Å². The maximum absolute atomic E-state index is 12.4. The Morgan fingerprint density at radius 3 is 3.08 bits per heavy atom. The molecule has 2 aliphatic rings. The van der Waals surface area contributed by atoms with Gasteiger partial charge in [-0.25, -0.2) is 4.98 Å². The fourth-order valence-electron chi connectivity index (χ4n) is 3.24. The van der Waals surface area contributed by atoms with Gasteiger partial charge in [0.1, 0.15) is 0 Å². The van der Waals surface area contributed by atoms with Gasteiger partial charge in [-0.1, -0.05) is 6.07 Å². The molecule has 0 aromatic carbocycles. The summed E-state index contributed by atoms with van der Waals surface area (Å²) in [5.74, 6) is -0.429. The van der Waals surface area contributed by atoms with E-state index in [0.717, 1.165) is 30.7 Å². The Bertz CT molecular complexity index is 753. The van der Waals surface area contributed by atoms with Gasteiger partial charge in [-0.05, 0) is 31.4 Å². The number of aryl methyl sites for hydroxylation is 2. The third-order valence-electron chi connectivity index (χ3n) is 4.49. The van der Waals surface area contributed by atoms with Crippen molar-refractivity contribution in [2.24, 2.45) is 5.92 Å². The van der Waals surface area contributed by atoms with Crippen molar-refractivity contribution in [1.29, 1.82) is 0 Å². The van der Waals surface area contributed by atoms with Gasteiger partial charge in [0.15, 0.2) is 5.13 Å². The van der Waals surface area contributed by atoms with Crippen LogP contribution in [-0.2, 0) is 29.0 Å². The van der Waals surface area contributed by atoms with E-state index < -0.39 is 0 Å². The Morgan fingerprint density at radius 2 is 2.29 bits per heavy atom. The van der Waals surface area contributed by atoms with Crippen LogP contribution in [0.5, 0.6) is 0 Å². The second-order valence-corrected chi connectivity index (χ2v) is 7.31. The van der Waals surface area contributed by atoms with E-state index in [2.05, 4.69) is 15.3 Å². The van der Waals surface area contributed by atoms with E-state index in [9.17, 15) is 9.59 Å². The molecule has 0 unspecified atom stereocenters. The molecule has 2 aromatic rings. The zero-order chi connectivity index (χ0) is 16.5. The minimum atomic E-state index is -0.319. The first-order chi connectivity index (χ1) is 11.7. The molecule has 0 saturated carbocycles. The molecule has 3 heterocycles. The van der Waals surface area contributed by atoms with Crippen molar-refractivity contribution < 1.29 is 9.59 Å². The lowest BCUT2D eigenvalue weighted by atomic mass is 10.1. The Kier molecular flexibility index (Phi) is 4.02. The number of nitrogens with one attached hydrogen (secondary N) is 1. The van der Waals surface area contributed by atoms with Crippen molar-refractivity contribution in [3.8, 4) is 0 Å². The molecule has 4 rings (SSSR count). The van der Waals surface area contributed by atoms with Crippen molar-refractivity contribution in [3.63, 3.8) is 0 Å². The first kappa shape index (κ1) is 15.3. The lowest BCUT2D eigenvalue weighted by Crippen LogP contribution is -2.28. The van der Waals surface area contributed by atoms with Gasteiger partial charge in [0, 0.05) is 24.0 Å². The highest BCUT2D eigenvalue weighted by Gasteiger charge is 2.35. The average molecular weight is 342 g/mol. The molecule has 0 radical (unpaired) electrons. The molecule has 0 spiro atoms. The van der Waals surface area contributed by atoms with E-state index in [-0.39, 0.29) is 24.2 Å². The molecule has 7 heteroatoms. The number of carbonyl (C=O) groups excluding carboxylic acids is 2. The maximum atomic E-state index is 12.4. The van der Waals surface area contributed by atoms with Crippen molar-refractivity contribution in [1.82, 2.24) is 14.9 Å². The number of likely N-dealkylation sites (tertiary alicyclic amines) is 1. The van der Waals surface area contributed by atoms with Crippen LogP contribution < -0.4 is 5.32 Å². The molecule has 2 amide bonds. The van der Waals surface area contributed by atoms with Crippen LogP contribution in [0.4, 0.5) is 5.13 Å². The van der Waals surface area contributed by atoms with Crippen LogP contribution in [0, 0.1) is 5.92 Å². The predicted molar refractivity (Wildman–Crippen MR) is 90.5 cm³/mol. The monoisotopic (exact) mass is 342 g/mol. The van der Waals surface area contributed by atoms with Crippen LogP contribution in [0.15, 0.2) is 24.4 Å². The number of amides is 2. The van der Waals surface area contributed by atoms with Gasteiger partial charge in [-0.3, -0.25) is 14.6 Å². The highest BCUT2D eigenvalue weighted by Crippen LogP contribution is 2.31. The number of thiazole rings is 1. The Morgan fingerprint density at radius 1 is 1.38 bits per heavy atom. The third kappa shape index (κ3) is 3.03. The third-order valence-corrected chi connectivity index (χ3v) is 5.56. The van der Waals surface area contributed by atoms with E-state index >= 15 is 0 Å². The van der Waals surface area contributed by atoms with Gasteiger partial charge >= 0.3 is 0 Å². The summed E-state index contributed by atoms with van der Waals surface area (Å²) in [6, 6.07) is 5.63. The second-order valence-electron chi connectivity index (χ2n) is 6.23. The number of anilines is 1. The van der Waals surface area contributed by atoms with E-state index in [4.69, 9.17) is 0 Å². The number of fused-ring (bicyclic) bond motifs is 1. The molecule has 1 aliphatic carbocycles. The average Bonchev–Trinajstić information content (AvgIpc) is 3.24. The highest BCUT2D eigenvalue weighted by atomic mass is 32.1. The summed E-state index contributed by atoms with van der Waals surface area (Å²) >= 11 is 1.56.